The largest absolute Gasteiger partial charge is 0.371 e. The highest BCUT2D eigenvalue weighted by Crippen LogP contribution is 2.44. The van der Waals surface area contributed by atoms with Gasteiger partial charge in [0.15, 0.2) is 0 Å². The van der Waals surface area contributed by atoms with E-state index in [-0.39, 0.29) is 11.3 Å². The maximum Gasteiger partial charge on any atom is 0.276 e. The van der Waals surface area contributed by atoms with Crippen LogP contribution in [0.15, 0.2) is 36.7 Å². The zero-order valence-electron chi connectivity index (χ0n) is 25.8. The summed E-state index contributed by atoms with van der Waals surface area (Å²) in [6.07, 6.45) is 8.73. The Bertz CT molecular complexity index is 1870. The van der Waals surface area contributed by atoms with Crippen molar-refractivity contribution in [3.8, 4) is 0 Å². The molecule has 2 spiro atoms. The van der Waals surface area contributed by atoms with Crippen LogP contribution in [0.3, 0.4) is 0 Å². The second-order valence-corrected chi connectivity index (χ2v) is 15.9. The van der Waals surface area contributed by atoms with E-state index >= 15 is 0 Å². The van der Waals surface area contributed by atoms with E-state index in [0.717, 1.165) is 110 Å². The summed E-state index contributed by atoms with van der Waals surface area (Å²) in [7, 11) is -3.58. The number of amides is 1. The molecule has 6 heterocycles. The molecule has 2 aromatic heterocycles. The predicted octanol–water partition coefficient (Wildman–Crippen LogP) is 4.38. The van der Waals surface area contributed by atoms with E-state index in [9.17, 15) is 13.2 Å². The van der Waals surface area contributed by atoms with Gasteiger partial charge in [0.2, 0.25) is 5.91 Å². The molecular weight excluding hydrogens is 649 g/mol. The van der Waals surface area contributed by atoms with E-state index in [1.54, 1.807) is 6.92 Å². The average molecular weight is 689 g/mol. The lowest BCUT2D eigenvalue weighted by Gasteiger charge is -2.54. The van der Waals surface area contributed by atoms with Crippen LogP contribution < -0.4 is 14.9 Å². The van der Waals surface area contributed by atoms with Crippen molar-refractivity contribution >= 4 is 72.5 Å². The van der Waals surface area contributed by atoms with Crippen molar-refractivity contribution in [1.82, 2.24) is 29.6 Å². The minimum Gasteiger partial charge on any atom is -0.371 e. The first-order valence-corrected chi connectivity index (χ1v) is 18.0. The summed E-state index contributed by atoms with van der Waals surface area (Å²) in [6, 6.07) is 7.79. The normalized spacial score (nSPS) is 21.2. The molecule has 2 aromatic carbocycles. The number of likely N-dealkylation sites (tertiary alicyclic amines) is 1. The van der Waals surface area contributed by atoms with Crippen molar-refractivity contribution in [1.29, 1.82) is 0 Å². The third kappa shape index (κ3) is 6.03. The molecule has 0 aliphatic carbocycles. The fourth-order valence-corrected chi connectivity index (χ4v) is 9.01. The standard InChI is InChI=1S/C16H19ClN4O.C15H20ClN5O2S/c1-11(22)21-9-16(10-21)2-4-20(5-3-16)15-7-12(17)6-14-13(15)8-18-19-14;16-11-7-13-12(9-18-19-13)14(8-11)20-4-1-15(2-5-20)3-6-21(10-15)24(17,22)23/h6-8H,2-5,9-10H2,1H3,(H,18,19);7-9H,1-6,10H2,(H,18,19)(H2,17,22,23). The van der Waals surface area contributed by atoms with Crippen LogP contribution in [0.2, 0.25) is 10.0 Å². The number of H-pyrrole nitrogens is 2. The number of aromatic amines is 2. The molecule has 4 aromatic rings. The van der Waals surface area contributed by atoms with Crippen LogP contribution in [0.1, 0.15) is 39.0 Å². The smallest absolute Gasteiger partial charge is 0.276 e. The monoisotopic (exact) mass is 687 g/mol. The molecule has 0 radical (unpaired) electrons. The van der Waals surface area contributed by atoms with E-state index in [1.807, 2.05) is 41.6 Å². The van der Waals surface area contributed by atoms with E-state index in [0.29, 0.717) is 23.5 Å². The molecule has 0 unspecified atom stereocenters. The van der Waals surface area contributed by atoms with E-state index in [2.05, 4.69) is 30.2 Å². The van der Waals surface area contributed by atoms with Crippen molar-refractivity contribution in [2.45, 2.75) is 39.0 Å². The first-order valence-electron chi connectivity index (χ1n) is 15.7. The van der Waals surface area contributed by atoms with Crippen LogP contribution in [0, 0.1) is 10.8 Å². The summed E-state index contributed by atoms with van der Waals surface area (Å²) >= 11 is 12.5. The quantitative estimate of drug-likeness (QED) is 0.290. The van der Waals surface area contributed by atoms with Gasteiger partial charge < -0.3 is 14.7 Å². The first kappa shape index (κ1) is 31.5. The maximum absolute atomic E-state index is 11.6. The minimum atomic E-state index is -3.58. The van der Waals surface area contributed by atoms with Crippen LogP contribution in [-0.4, -0.2) is 96.3 Å². The Morgan fingerprint density at radius 3 is 1.65 bits per heavy atom. The van der Waals surface area contributed by atoms with Gasteiger partial charge in [-0.25, -0.2) is 5.14 Å². The third-order valence-electron chi connectivity index (χ3n) is 10.6. The number of rotatable bonds is 3. The Morgan fingerprint density at radius 2 is 1.22 bits per heavy atom. The first-order chi connectivity index (χ1) is 21.9. The number of nitrogens with zero attached hydrogens (tertiary/aromatic N) is 6. The van der Waals surface area contributed by atoms with Gasteiger partial charge in [-0.2, -0.15) is 22.9 Å². The molecule has 0 saturated carbocycles. The van der Waals surface area contributed by atoms with Crippen molar-refractivity contribution in [3.63, 3.8) is 0 Å². The number of carbonyl (C=O) groups excluding carboxylic acids is 1. The molecule has 4 aliphatic rings. The van der Waals surface area contributed by atoms with Crippen LogP contribution in [-0.2, 0) is 15.0 Å². The molecule has 1 amide bonds. The van der Waals surface area contributed by atoms with Crippen molar-refractivity contribution < 1.29 is 13.2 Å². The average Bonchev–Trinajstić information content (AvgIpc) is 3.76. The molecule has 15 heteroatoms. The molecule has 4 N–H and O–H groups in total. The van der Waals surface area contributed by atoms with Gasteiger partial charge in [-0.05, 0) is 61.8 Å². The predicted molar refractivity (Wildman–Crippen MR) is 182 cm³/mol. The van der Waals surface area contributed by atoms with Gasteiger partial charge in [-0.3, -0.25) is 15.0 Å². The number of hydrogen-bond donors (Lipinski definition) is 3. The molecule has 4 aliphatic heterocycles. The number of hydrogen-bond acceptors (Lipinski definition) is 7. The number of benzene rings is 2. The number of nitrogens with one attached hydrogen (secondary N) is 2. The molecule has 8 rings (SSSR count). The lowest BCUT2D eigenvalue weighted by Crippen LogP contribution is -2.61. The summed E-state index contributed by atoms with van der Waals surface area (Å²) in [5.41, 5.74) is 4.55. The molecule has 4 saturated heterocycles. The number of fused-ring (bicyclic) bond motifs is 2. The van der Waals surface area contributed by atoms with Gasteiger partial charge >= 0.3 is 0 Å². The highest BCUT2D eigenvalue weighted by Gasteiger charge is 2.46. The highest BCUT2D eigenvalue weighted by atomic mass is 35.5. The van der Waals surface area contributed by atoms with Gasteiger partial charge in [0.05, 0.1) is 23.4 Å². The molecule has 246 valence electrons. The molecule has 46 heavy (non-hydrogen) atoms. The van der Waals surface area contributed by atoms with Crippen LogP contribution in [0.4, 0.5) is 11.4 Å². The van der Waals surface area contributed by atoms with Crippen molar-refractivity contribution in [2.75, 3.05) is 62.2 Å². The van der Waals surface area contributed by atoms with Crippen molar-refractivity contribution in [2.24, 2.45) is 16.0 Å². The fourth-order valence-electron chi connectivity index (χ4n) is 7.79. The summed E-state index contributed by atoms with van der Waals surface area (Å²) in [5.74, 6) is 0.197. The highest BCUT2D eigenvalue weighted by molar-refractivity contribution is 7.86. The van der Waals surface area contributed by atoms with Crippen LogP contribution in [0.5, 0.6) is 0 Å². The van der Waals surface area contributed by atoms with Crippen LogP contribution >= 0.6 is 23.2 Å². The Kier molecular flexibility index (Phi) is 8.12. The number of carbonyl (C=O) groups is 1. The Hall–Kier alpha value is -3.10. The van der Waals surface area contributed by atoms with Crippen molar-refractivity contribution in [3.05, 3.63) is 46.7 Å². The Balaban J connectivity index is 0.000000147. The van der Waals surface area contributed by atoms with E-state index in [1.165, 1.54) is 4.31 Å². The van der Waals surface area contributed by atoms with Gasteiger partial charge in [0, 0.05) is 96.9 Å². The Labute approximate surface area is 278 Å². The fraction of sp³-hybridized carbons (Fsp3) is 0.516. The zero-order valence-corrected chi connectivity index (χ0v) is 28.1. The molecule has 4 fully saturated rings. The summed E-state index contributed by atoms with van der Waals surface area (Å²) in [6.45, 7) is 8.33. The summed E-state index contributed by atoms with van der Waals surface area (Å²) in [5, 5.41) is 23.1. The van der Waals surface area contributed by atoms with Gasteiger partial charge in [-0.15, -0.1) is 0 Å². The van der Waals surface area contributed by atoms with E-state index < -0.39 is 10.2 Å². The second-order valence-electron chi connectivity index (χ2n) is 13.5. The molecule has 0 bridgehead atoms. The number of anilines is 2. The van der Waals surface area contributed by atoms with Gasteiger partial charge in [-0.1, -0.05) is 23.2 Å². The topological polar surface area (TPSA) is 148 Å². The minimum absolute atomic E-state index is 0.0526. The number of piperidine rings is 2. The summed E-state index contributed by atoms with van der Waals surface area (Å²) < 4.78 is 24.5. The van der Waals surface area contributed by atoms with E-state index in [4.69, 9.17) is 28.3 Å². The number of nitrogens with two attached hydrogens (primary N) is 1. The maximum atomic E-state index is 11.6. The summed E-state index contributed by atoms with van der Waals surface area (Å²) in [4.78, 5) is 18.0. The molecule has 0 atom stereocenters. The van der Waals surface area contributed by atoms with Crippen LogP contribution in [0.25, 0.3) is 21.8 Å². The number of aromatic nitrogens is 4. The second kappa shape index (κ2) is 11.9. The Morgan fingerprint density at radius 1 is 0.761 bits per heavy atom. The van der Waals surface area contributed by atoms with Gasteiger partial charge in [0.1, 0.15) is 0 Å². The SMILES string of the molecule is CC(=O)N1CC2(CCN(c3cc(Cl)cc4[nH]ncc34)CC2)C1.NS(=O)(=O)N1CCC2(CCN(c3cc(Cl)cc4[nH]ncc34)CC2)C1. The third-order valence-corrected chi connectivity index (χ3v) is 12.1. The molecular formula is C31H39Cl2N9O3S. The van der Waals surface area contributed by atoms with Gasteiger partial charge in [0.25, 0.3) is 10.2 Å². The lowest BCUT2D eigenvalue weighted by molar-refractivity contribution is -0.142. The zero-order chi connectivity index (χ0) is 32.3. The number of halogens is 2. The molecule has 12 nitrogen and oxygen atoms in total. The lowest BCUT2D eigenvalue weighted by atomic mass is 9.72.